The molecule has 1 saturated heterocycles. The SMILES string of the molecule is Cc1ccc(NC(=O)COC(=O)c2cccc(Cl)c2Cl)cc1S(=O)(=O)N1CCOCC1. The molecule has 0 saturated carbocycles. The predicted octanol–water partition coefficient (Wildman–Crippen LogP) is 3.12. The van der Waals surface area contributed by atoms with Crippen molar-refractivity contribution in [2.75, 3.05) is 38.2 Å². The van der Waals surface area contributed by atoms with Crippen LogP contribution in [0.15, 0.2) is 41.3 Å². The van der Waals surface area contributed by atoms with Gasteiger partial charge in [0.1, 0.15) is 0 Å². The van der Waals surface area contributed by atoms with Crippen LogP contribution in [0, 0.1) is 6.92 Å². The van der Waals surface area contributed by atoms with Gasteiger partial charge >= 0.3 is 5.97 Å². The fourth-order valence-electron chi connectivity index (χ4n) is 2.95. The molecule has 0 unspecified atom stereocenters. The molecule has 2 aromatic rings. The molecular weight excluding hydrogens is 467 g/mol. The summed E-state index contributed by atoms with van der Waals surface area (Å²) < 4.78 is 37.4. The van der Waals surface area contributed by atoms with Gasteiger partial charge < -0.3 is 14.8 Å². The lowest BCUT2D eigenvalue weighted by atomic mass is 10.2. The van der Waals surface area contributed by atoms with Gasteiger partial charge in [-0.1, -0.05) is 35.3 Å². The first-order valence-corrected chi connectivity index (χ1v) is 11.5. The summed E-state index contributed by atoms with van der Waals surface area (Å²) in [4.78, 5) is 24.5. The second-order valence-electron chi connectivity index (χ2n) is 6.72. The molecule has 1 heterocycles. The minimum Gasteiger partial charge on any atom is -0.452 e. The summed E-state index contributed by atoms with van der Waals surface area (Å²) in [6, 6.07) is 9.04. The van der Waals surface area contributed by atoms with E-state index in [2.05, 4.69) is 5.32 Å². The maximum absolute atomic E-state index is 12.9. The number of anilines is 1. The lowest BCUT2D eigenvalue weighted by Crippen LogP contribution is -2.40. The smallest absolute Gasteiger partial charge is 0.340 e. The summed E-state index contributed by atoms with van der Waals surface area (Å²) in [6.45, 7) is 2.28. The minimum absolute atomic E-state index is 0.0334. The zero-order valence-electron chi connectivity index (χ0n) is 16.6. The molecule has 0 bridgehead atoms. The average Bonchev–Trinajstić information content (AvgIpc) is 2.76. The topological polar surface area (TPSA) is 102 Å². The summed E-state index contributed by atoms with van der Waals surface area (Å²) in [7, 11) is -3.73. The van der Waals surface area contributed by atoms with Crippen molar-refractivity contribution < 1.29 is 27.5 Å². The number of halogens is 2. The number of morpholine rings is 1. The number of hydrogen-bond acceptors (Lipinski definition) is 6. The van der Waals surface area contributed by atoms with Crippen molar-refractivity contribution in [2.45, 2.75) is 11.8 Å². The van der Waals surface area contributed by atoms with E-state index in [4.69, 9.17) is 32.7 Å². The summed E-state index contributed by atoms with van der Waals surface area (Å²) in [5.41, 5.74) is 0.849. The van der Waals surface area contributed by atoms with Crippen LogP contribution in [0.5, 0.6) is 0 Å². The van der Waals surface area contributed by atoms with Gasteiger partial charge in [0, 0.05) is 18.8 Å². The zero-order valence-corrected chi connectivity index (χ0v) is 18.9. The quantitative estimate of drug-likeness (QED) is 0.629. The van der Waals surface area contributed by atoms with Crippen LogP contribution in [0.1, 0.15) is 15.9 Å². The highest BCUT2D eigenvalue weighted by Gasteiger charge is 2.28. The van der Waals surface area contributed by atoms with E-state index in [0.29, 0.717) is 18.8 Å². The number of nitrogens with one attached hydrogen (secondary N) is 1. The van der Waals surface area contributed by atoms with Gasteiger partial charge in [0.2, 0.25) is 10.0 Å². The first-order chi connectivity index (χ1) is 14.7. The molecule has 11 heteroatoms. The van der Waals surface area contributed by atoms with Gasteiger partial charge in [-0.2, -0.15) is 4.31 Å². The normalized spacial score (nSPS) is 14.8. The Morgan fingerprint density at radius 3 is 2.58 bits per heavy atom. The first kappa shape index (κ1) is 23.5. The van der Waals surface area contributed by atoms with Gasteiger partial charge in [0.25, 0.3) is 5.91 Å². The molecule has 0 aromatic heterocycles. The van der Waals surface area contributed by atoms with Crippen LogP contribution >= 0.6 is 23.2 Å². The molecule has 0 aliphatic carbocycles. The number of sulfonamides is 1. The highest BCUT2D eigenvalue weighted by molar-refractivity contribution is 7.89. The second-order valence-corrected chi connectivity index (χ2v) is 9.41. The fraction of sp³-hybridized carbons (Fsp3) is 0.300. The third kappa shape index (κ3) is 5.55. The molecule has 0 atom stereocenters. The molecule has 31 heavy (non-hydrogen) atoms. The maximum Gasteiger partial charge on any atom is 0.340 e. The van der Waals surface area contributed by atoms with Crippen molar-refractivity contribution in [3.63, 3.8) is 0 Å². The molecule has 0 spiro atoms. The number of nitrogens with zero attached hydrogens (tertiary/aromatic N) is 1. The maximum atomic E-state index is 12.9. The molecule has 8 nitrogen and oxygen atoms in total. The van der Waals surface area contributed by atoms with E-state index in [1.165, 1.54) is 28.6 Å². The number of amides is 1. The molecule has 1 aliphatic rings. The molecule has 166 valence electrons. The molecular formula is C20H20Cl2N2O6S. The molecule has 2 aromatic carbocycles. The summed E-state index contributed by atoms with van der Waals surface area (Å²) in [5.74, 6) is -1.44. The lowest BCUT2D eigenvalue weighted by molar-refractivity contribution is -0.119. The Hall–Kier alpha value is -2.17. The Morgan fingerprint density at radius 1 is 1.16 bits per heavy atom. The van der Waals surface area contributed by atoms with E-state index >= 15 is 0 Å². The minimum atomic E-state index is -3.73. The predicted molar refractivity (Wildman–Crippen MR) is 116 cm³/mol. The van der Waals surface area contributed by atoms with Crippen molar-refractivity contribution >= 4 is 50.8 Å². The monoisotopic (exact) mass is 486 g/mol. The van der Waals surface area contributed by atoms with Crippen molar-refractivity contribution in [2.24, 2.45) is 0 Å². The Balaban J connectivity index is 1.67. The van der Waals surface area contributed by atoms with Gasteiger partial charge in [-0.15, -0.1) is 0 Å². The van der Waals surface area contributed by atoms with Crippen molar-refractivity contribution in [1.82, 2.24) is 4.31 Å². The van der Waals surface area contributed by atoms with E-state index in [1.54, 1.807) is 19.1 Å². The number of esters is 1. The lowest BCUT2D eigenvalue weighted by Gasteiger charge is -2.26. The van der Waals surface area contributed by atoms with Crippen LogP contribution in [0.2, 0.25) is 10.0 Å². The van der Waals surface area contributed by atoms with Crippen LogP contribution in [-0.4, -0.2) is 57.5 Å². The number of rotatable bonds is 6. The summed E-state index contributed by atoms with van der Waals surface area (Å²) in [5, 5.41) is 2.76. The van der Waals surface area contributed by atoms with Gasteiger partial charge in [-0.3, -0.25) is 4.79 Å². The largest absolute Gasteiger partial charge is 0.452 e. The number of ether oxygens (including phenoxy) is 2. The molecule has 3 rings (SSSR count). The Bertz CT molecular complexity index is 1100. The molecule has 0 radical (unpaired) electrons. The van der Waals surface area contributed by atoms with E-state index < -0.39 is 28.5 Å². The van der Waals surface area contributed by atoms with Crippen molar-refractivity contribution in [3.8, 4) is 0 Å². The summed E-state index contributed by atoms with van der Waals surface area (Å²) in [6.07, 6.45) is 0. The van der Waals surface area contributed by atoms with E-state index in [0.717, 1.165) is 0 Å². The number of hydrogen-bond donors (Lipinski definition) is 1. The highest BCUT2D eigenvalue weighted by Crippen LogP contribution is 2.26. The number of carbonyl (C=O) groups is 2. The van der Waals surface area contributed by atoms with Crippen molar-refractivity contribution in [1.29, 1.82) is 0 Å². The molecule has 1 N–H and O–H groups in total. The molecule has 1 aliphatic heterocycles. The highest BCUT2D eigenvalue weighted by atomic mass is 35.5. The fourth-order valence-corrected chi connectivity index (χ4v) is 4.99. The third-order valence-electron chi connectivity index (χ3n) is 4.57. The van der Waals surface area contributed by atoms with E-state index in [1.807, 2.05) is 0 Å². The van der Waals surface area contributed by atoms with Gasteiger partial charge in [0.15, 0.2) is 6.61 Å². The van der Waals surface area contributed by atoms with E-state index in [9.17, 15) is 18.0 Å². The Morgan fingerprint density at radius 2 is 1.87 bits per heavy atom. The second kappa shape index (κ2) is 9.97. The summed E-state index contributed by atoms with van der Waals surface area (Å²) >= 11 is 11.8. The van der Waals surface area contributed by atoms with Crippen LogP contribution in [0.25, 0.3) is 0 Å². The average molecular weight is 487 g/mol. The van der Waals surface area contributed by atoms with Gasteiger partial charge in [-0.05, 0) is 36.8 Å². The number of aryl methyl sites for hydroxylation is 1. The van der Waals surface area contributed by atoms with Crippen LogP contribution in [0.3, 0.4) is 0 Å². The third-order valence-corrected chi connectivity index (χ3v) is 7.43. The van der Waals surface area contributed by atoms with Crippen LogP contribution < -0.4 is 5.32 Å². The number of carbonyl (C=O) groups excluding carboxylic acids is 2. The zero-order chi connectivity index (χ0) is 22.6. The Labute approximate surface area is 190 Å². The number of benzene rings is 2. The van der Waals surface area contributed by atoms with Crippen molar-refractivity contribution in [3.05, 3.63) is 57.6 Å². The van der Waals surface area contributed by atoms with Crippen LogP contribution in [0.4, 0.5) is 5.69 Å². The Kier molecular flexibility index (Phi) is 7.55. The molecule has 1 amide bonds. The van der Waals surface area contributed by atoms with Gasteiger partial charge in [-0.25, -0.2) is 13.2 Å². The first-order valence-electron chi connectivity index (χ1n) is 9.29. The van der Waals surface area contributed by atoms with Crippen LogP contribution in [-0.2, 0) is 24.3 Å². The standard InChI is InChI=1S/C20H20Cl2N2O6S/c1-13-5-6-14(11-17(13)31(27,28)24-7-9-29-10-8-24)23-18(25)12-30-20(26)15-3-2-4-16(21)19(15)22/h2-6,11H,7-10,12H2,1H3,(H,23,25). The van der Waals surface area contributed by atoms with E-state index in [-0.39, 0.29) is 39.3 Å². The molecule has 1 fully saturated rings. The van der Waals surface area contributed by atoms with Gasteiger partial charge in [0.05, 0.1) is 33.7 Å².